The van der Waals surface area contributed by atoms with Gasteiger partial charge in [0, 0.05) is 30.4 Å². The number of halogens is 1. The third-order valence-corrected chi connectivity index (χ3v) is 4.75. The number of hydrogen-bond acceptors (Lipinski definition) is 5. The van der Waals surface area contributed by atoms with Gasteiger partial charge in [-0.1, -0.05) is 17.3 Å². The number of aryl methyl sites for hydroxylation is 2. The quantitative estimate of drug-likeness (QED) is 0.743. The van der Waals surface area contributed by atoms with Gasteiger partial charge in [0.25, 0.3) is 0 Å². The zero-order chi connectivity index (χ0) is 17.8. The van der Waals surface area contributed by atoms with Gasteiger partial charge >= 0.3 is 0 Å². The topological polar surface area (TPSA) is 88.3 Å². The van der Waals surface area contributed by atoms with Crippen LogP contribution in [0.5, 0.6) is 0 Å². The molecule has 0 spiro atoms. The number of nitrogens with zero attached hydrogens (tertiary/aromatic N) is 3. The normalized spacial score (nSPS) is 17.1. The van der Waals surface area contributed by atoms with E-state index in [-0.39, 0.29) is 24.2 Å². The molecule has 8 heteroatoms. The summed E-state index contributed by atoms with van der Waals surface area (Å²) in [4.78, 5) is 30.4. The summed E-state index contributed by atoms with van der Waals surface area (Å²) in [6, 6.07) is 7.52. The van der Waals surface area contributed by atoms with Crippen molar-refractivity contribution in [2.24, 2.45) is 5.92 Å². The summed E-state index contributed by atoms with van der Waals surface area (Å²) in [5.41, 5.74) is 0.801. The lowest BCUT2D eigenvalue weighted by atomic mass is 10.1. The van der Waals surface area contributed by atoms with Gasteiger partial charge in [-0.15, -0.1) is 0 Å². The average molecular weight is 407 g/mol. The SMILES string of the molecule is Cc1noc(CCCNC(=O)C2CC(=O)N(c3ccccc3Br)C2)n1. The van der Waals surface area contributed by atoms with Crippen LogP contribution in [0, 0.1) is 12.8 Å². The van der Waals surface area contributed by atoms with Crippen LogP contribution in [0.25, 0.3) is 0 Å². The van der Waals surface area contributed by atoms with Crippen LogP contribution in [0.1, 0.15) is 24.6 Å². The minimum Gasteiger partial charge on any atom is -0.356 e. The van der Waals surface area contributed by atoms with E-state index in [1.165, 1.54) is 0 Å². The number of carbonyl (C=O) groups is 2. The van der Waals surface area contributed by atoms with Crippen molar-refractivity contribution >= 4 is 33.4 Å². The summed E-state index contributed by atoms with van der Waals surface area (Å²) in [6.07, 6.45) is 1.56. The third kappa shape index (κ3) is 4.25. The molecule has 1 aliphatic heterocycles. The molecule has 1 aromatic heterocycles. The molecule has 7 nitrogen and oxygen atoms in total. The Bertz CT molecular complexity index is 777. The van der Waals surface area contributed by atoms with Gasteiger partial charge in [0.05, 0.1) is 11.6 Å². The van der Waals surface area contributed by atoms with E-state index in [1.54, 1.807) is 11.8 Å². The number of rotatable bonds is 6. The molecule has 0 aliphatic carbocycles. The molecular formula is C17H19BrN4O3. The van der Waals surface area contributed by atoms with Gasteiger partial charge in [0.15, 0.2) is 5.82 Å². The van der Waals surface area contributed by atoms with Crippen LogP contribution in [-0.4, -0.2) is 35.0 Å². The Morgan fingerprint density at radius 2 is 2.24 bits per heavy atom. The van der Waals surface area contributed by atoms with Crippen LogP contribution in [0.15, 0.2) is 33.3 Å². The Balaban J connectivity index is 1.48. The highest BCUT2D eigenvalue weighted by Crippen LogP contribution is 2.31. The van der Waals surface area contributed by atoms with Crippen molar-refractivity contribution in [2.75, 3.05) is 18.0 Å². The molecule has 1 aliphatic rings. The van der Waals surface area contributed by atoms with Crippen molar-refractivity contribution < 1.29 is 14.1 Å². The zero-order valence-corrected chi connectivity index (χ0v) is 15.5. The first-order chi connectivity index (χ1) is 12.0. The van der Waals surface area contributed by atoms with E-state index in [9.17, 15) is 9.59 Å². The van der Waals surface area contributed by atoms with E-state index < -0.39 is 0 Å². The number of aromatic nitrogens is 2. The van der Waals surface area contributed by atoms with Crippen molar-refractivity contribution in [1.82, 2.24) is 15.5 Å². The van der Waals surface area contributed by atoms with Crippen LogP contribution in [0.2, 0.25) is 0 Å². The predicted molar refractivity (Wildman–Crippen MR) is 95.0 cm³/mol. The summed E-state index contributed by atoms with van der Waals surface area (Å²) in [5.74, 6) is 0.724. The standard InChI is InChI=1S/C17H19BrN4O3/c1-11-20-15(25-21-11)7-4-8-19-17(24)12-9-16(23)22(10-12)14-6-3-2-5-13(14)18/h2-3,5-6,12H,4,7-10H2,1H3,(H,19,24). The molecular weight excluding hydrogens is 388 g/mol. The summed E-state index contributed by atoms with van der Waals surface area (Å²) >= 11 is 3.45. The molecule has 25 heavy (non-hydrogen) atoms. The van der Waals surface area contributed by atoms with Crippen molar-refractivity contribution in [3.8, 4) is 0 Å². The molecule has 2 heterocycles. The summed E-state index contributed by atoms with van der Waals surface area (Å²) < 4.78 is 5.88. The minimum atomic E-state index is -0.328. The molecule has 1 aromatic carbocycles. The van der Waals surface area contributed by atoms with Gasteiger partial charge < -0.3 is 14.7 Å². The van der Waals surface area contributed by atoms with E-state index in [2.05, 4.69) is 31.4 Å². The molecule has 2 amide bonds. The Morgan fingerprint density at radius 3 is 2.96 bits per heavy atom. The van der Waals surface area contributed by atoms with Gasteiger partial charge in [-0.3, -0.25) is 9.59 Å². The number of carbonyl (C=O) groups excluding carboxylic acids is 2. The van der Waals surface area contributed by atoms with Crippen molar-refractivity contribution in [1.29, 1.82) is 0 Å². The first kappa shape index (κ1) is 17.6. The number of benzene rings is 1. The molecule has 1 atom stereocenters. The highest BCUT2D eigenvalue weighted by Gasteiger charge is 2.35. The second kappa shape index (κ2) is 7.77. The monoisotopic (exact) mass is 406 g/mol. The van der Waals surface area contributed by atoms with Gasteiger partial charge in [0.2, 0.25) is 17.7 Å². The first-order valence-corrected chi connectivity index (χ1v) is 8.95. The zero-order valence-electron chi connectivity index (χ0n) is 13.9. The number of hydrogen-bond donors (Lipinski definition) is 1. The molecule has 1 fully saturated rings. The molecule has 3 rings (SSSR count). The molecule has 1 unspecified atom stereocenters. The van der Waals surface area contributed by atoms with Crippen LogP contribution in [0.3, 0.4) is 0 Å². The maximum Gasteiger partial charge on any atom is 0.227 e. The number of amides is 2. The second-order valence-electron chi connectivity index (χ2n) is 5.99. The van der Waals surface area contributed by atoms with E-state index in [4.69, 9.17) is 4.52 Å². The maximum absolute atomic E-state index is 12.3. The molecule has 2 aromatic rings. The molecule has 0 saturated carbocycles. The number of anilines is 1. The lowest BCUT2D eigenvalue weighted by Crippen LogP contribution is -2.33. The lowest BCUT2D eigenvalue weighted by molar-refractivity contribution is -0.126. The Kier molecular flexibility index (Phi) is 5.47. The van der Waals surface area contributed by atoms with Gasteiger partial charge in [-0.05, 0) is 41.4 Å². The van der Waals surface area contributed by atoms with Crippen molar-refractivity contribution in [3.05, 3.63) is 40.5 Å². The van der Waals surface area contributed by atoms with E-state index in [0.717, 1.165) is 10.2 Å². The molecule has 0 bridgehead atoms. The van der Waals surface area contributed by atoms with Crippen LogP contribution < -0.4 is 10.2 Å². The Morgan fingerprint density at radius 1 is 1.44 bits per heavy atom. The minimum absolute atomic E-state index is 0.0339. The summed E-state index contributed by atoms with van der Waals surface area (Å²) in [6.45, 7) is 2.68. The maximum atomic E-state index is 12.3. The van der Waals surface area contributed by atoms with Gasteiger partial charge in [-0.2, -0.15) is 4.98 Å². The van der Waals surface area contributed by atoms with Crippen LogP contribution >= 0.6 is 15.9 Å². The van der Waals surface area contributed by atoms with E-state index >= 15 is 0 Å². The first-order valence-electron chi connectivity index (χ1n) is 8.16. The smallest absolute Gasteiger partial charge is 0.227 e. The highest BCUT2D eigenvalue weighted by atomic mass is 79.9. The predicted octanol–water partition coefficient (Wildman–Crippen LogP) is 2.24. The van der Waals surface area contributed by atoms with Gasteiger partial charge in [0.1, 0.15) is 0 Å². The molecule has 1 saturated heterocycles. The van der Waals surface area contributed by atoms with E-state index in [1.807, 2.05) is 24.3 Å². The fourth-order valence-corrected chi connectivity index (χ4v) is 3.32. The Hall–Kier alpha value is -2.22. The molecule has 0 radical (unpaired) electrons. The lowest BCUT2D eigenvalue weighted by Gasteiger charge is -2.18. The van der Waals surface area contributed by atoms with Gasteiger partial charge in [-0.25, -0.2) is 0 Å². The number of para-hydroxylation sites is 1. The fourth-order valence-electron chi connectivity index (χ4n) is 2.82. The number of nitrogens with one attached hydrogen (secondary N) is 1. The summed E-state index contributed by atoms with van der Waals surface area (Å²) in [5, 5.41) is 6.62. The Labute approximate surface area is 153 Å². The average Bonchev–Trinajstić information content (AvgIpc) is 3.18. The van der Waals surface area contributed by atoms with E-state index in [0.29, 0.717) is 37.6 Å². The molecule has 1 N–H and O–H groups in total. The third-order valence-electron chi connectivity index (χ3n) is 4.08. The van der Waals surface area contributed by atoms with Crippen LogP contribution in [0.4, 0.5) is 5.69 Å². The largest absolute Gasteiger partial charge is 0.356 e. The highest BCUT2D eigenvalue weighted by molar-refractivity contribution is 9.10. The second-order valence-corrected chi connectivity index (χ2v) is 6.84. The van der Waals surface area contributed by atoms with Crippen molar-refractivity contribution in [3.63, 3.8) is 0 Å². The van der Waals surface area contributed by atoms with Crippen molar-refractivity contribution in [2.45, 2.75) is 26.2 Å². The molecule has 132 valence electrons. The summed E-state index contributed by atoms with van der Waals surface area (Å²) in [7, 11) is 0. The fraction of sp³-hybridized carbons (Fsp3) is 0.412. The van der Waals surface area contributed by atoms with Crippen LogP contribution in [-0.2, 0) is 16.0 Å².